The molecule has 0 bridgehead atoms. The molecular weight excluding hydrogens is 204 g/mol. The van der Waals surface area contributed by atoms with Crippen molar-refractivity contribution in [3.05, 3.63) is 58.3 Å². The van der Waals surface area contributed by atoms with E-state index in [0.717, 1.165) is 6.42 Å². The Bertz CT molecular complexity index is 421. The third-order valence-corrected chi connectivity index (χ3v) is 3.62. The van der Waals surface area contributed by atoms with Crippen LogP contribution in [0.1, 0.15) is 16.5 Å². The Hall–Kier alpha value is -1.12. The van der Waals surface area contributed by atoms with Crippen molar-refractivity contribution in [2.45, 2.75) is 18.6 Å². The molecule has 1 saturated heterocycles. The van der Waals surface area contributed by atoms with Crippen LogP contribution in [0.2, 0.25) is 0 Å². The molecule has 1 aromatic heterocycles. The van der Waals surface area contributed by atoms with Crippen LogP contribution in [0.25, 0.3) is 0 Å². The molecule has 2 heterocycles. The molecule has 1 nitrogen and oxygen atoms in total. The van der Waals surface area contributed by atoms with Crippen molar-refractivity contribution in [2.24, 2.45) is 0 Å². The quantitative estimate of drug-likeness (QED) is 0.716. The minimum absolute atomic E-state index is 0.352. The van der Waals surface area contributed by atoms with Gasteiger partial charge in [0.05, 0.1) is 6.10 Å². The molecular formula is C13H12OS. The van der Waals surface area contributed by atoms with Gasteiger partial charge < -0.3 is 4.74 Å². The monoisotopic (exact) mass is 216 g/mol. The van der Waals surface area contributed by atoms with Crippen LogP contribution in [0.4, 0.5) is 0 Å². The average molecular weight is 216 g/mol. The zero-order valence-corrected chi connectivity index (χ0v) is 9.11. The Morgan fingerprint density at radius 1 is 1.07 bits per heavy atom. The second-order valence-corrected chi connectivity index (χ2v) is 4.78. The number of ether oxygens (including phenoxy) is 1. The number of epoxide rings is 1. The highest BCUT2D eigenvalue weighted by Gasteiger charge is 2.40. The first kappa shape index (κ1) is 9.13. The van der Waals surface area contributed by atoms with E-state index in [2.05, 4.69) is 41.8 Å². The molecule has 0 aliphatic carbocycles. The van der Waals surface area contributed by atoms with E-state index in [9.17, 15) is 0 Å². The lowest BCUT2D eigenvalue weighted by Gasteiger charge is -1.95. The lowest BCUT2D eigenvalue weighted by Crippen LogP contribution is -1.93. The van der Waals surface area contributed by atoms with E-state index in [1.165, 1.54) is 10.4 Å². The minimum Gasteiger partial charge on any atom is -0.363 e. The third kappa shape index (κ3) is 1.96. The molecule has 1 aliphatic heterocycles. The number of rotatable bonds is 3. The number of hydrogen-bond donors (Lipinski definition) is 0. The molecule has 0 N–H and O–H groups in total. The van der Waals surface area contributed by atoms with Gasteiger partial charge in [0.25, 0.3) is 0 Å². The van der Waals surface area contributed by atoms with Crippen molar-refractivity contribution in [1.82, 2.24) is 0 Å². The van der Waals surface area contributed by atoms with Gasteiger partial charge >= 0.3 is 0 Å². The van der Waals surface area contributed by atoms with Crippen LogP contribution in [-0.2, 0) is 11.2 Å². The maximum absolute atomic E-state index is 5.68. The predicted molar refractivity (Wildman–Crippen MR) is 62.1 cm³/mol. The first-order valence-electron chi connectivity index (χ1n) is 5.16. The molecule has 0 radical (unpaired) electrons. The third-order valence-electron chi connectivity index (χ3n) is 2.69. The van der Waals surface area contributed by atoms with Gasteiger partial charge in [0.1, 0.15) is 6.10 Å². The van der Waals surface area contributed by atoms with Gasteiger partial charge in [0.15, 0.2) is 0 Å². The first-order chi connectivity index (χ1) is 7.43. The summed E-state index contributed by atoms with van der Waals surface area (Å²) >= 11 is 1.78. The van der Waals surface area contributed by atoms with Crippen LogP contribution in [0.15, 0.2) is 47.8 Å². The largest absolute Gasteiger partial charge is 0.363 e. The van der Waals surface area contributed by atoms with Crippen molar-refractivity contribution in [1.29, 1.82) is 0 Å². The Morgan fingerprint density at radius 3 is 2.67 bits per heavy atom. The van der Waals surface area contributed by atoms with Crippen molar-refractivity contribution in [2.75, 3.05) is 0 Å². The maximum atomic E-state index is 5.68. The first-order valence-corrected chi connectivity index (χ1v) is 6.04. The predicted octanol–water partition coefficient (Wildman–Crippen LogP) is 3.43. The fraction of sp³-hybridized carbons (Fsp3) is 0.231. The second kappa shape index (κ2) is 3.80. The molecule has 2 atom stereocenters. The molecule has 2 aromatic rings. The SMILES string of the molecule is c1ccc(C[C@@H]2O[C@H]2c2cccs2)cc1. The summed E-state index contributed by atoms with van der Waals surface area (Å²) in [5, 5.41) is 2.11. The van der Waals surface area contributed by atoms with Gasteiger partial charge in [-0.25, -0.2) is 0 Å². The Kier molecular flexibility index (Phi) is 2.31. The molecule has 1 fully saturated rings. The van der Waals surface area contributed by atoms with Crippen LogP contribution in [0.3, 0.4) is 0 Å². The van der Waals surface area contributed by atoms with E-state index >= 15 is 0 Å². The van der Waals surface area contributed by atoms with E-state index in [1.54, 1.807) is 11.3 Å². The van der Waals surface area contributed by atoms with E-state index in [1.807, 2.05) is 6.07 Å². The summed E-state index contributed by atoms with van der Waals surface area (Å²) in [4.78, 5) is 1.36. The Morgan fingerprint density at radius 2 is 1.93 bits per heavy atom. The molecule has 1 aliphatic rings. The normalized spacial score (nSPS) is 24.0. The summed E-state index contributed by atoms with van der Waals surface area (Å²) in [6.07, 6.45) is 1.78. The van der Waals surface area contributed by atoms with E-state index in [0.29, 0.717) is 12.2 Å². The standard InChI is InChI=1S/C13H12OS/c1-2-5-10(6-3-1)9-11-13(14-11)12-7-4-8-15-12/h1-8,11,13H,9H2/t11-,13+/m0/s1. The Labute approximate surface area is 93.3 Å². The smallest absolute Gasteiger partial charge is 0.119 e. The number of benzene rings is 1. The van der Waals surface area contributed by atoms with Gasteiger partial charge in [0.2, 0.25) is 0 Å². The highest BCUT2D eigenvalue weighted by Crippen LogP contribution is 2.42. The van der Waals surface area contributed by atoms with Crippen LogP contribution in [-0.4, -0.2) is 6.10 Å². The van der Waals surface area contributed by atoms with Gasteiger partial charge in [0, 0.05) is 11.3 Å². The number of hydrogen-bond acceptors (Lipinski definition) is 2. The van der Waals surface area contributed by atoms with Crippen LogP contribution in [0.5, 0.6) is 0 Å². The summed E-state index contributed by atoms with van der Waals surface area (Å²) in [5.41, 5.74) is 1.36. The Balaban J connectivity index is 1.64. The summed E-state index contributed by atoms with van der Waals surface area (Å²) in [7, 11) is 0. The van der Waals surface area contributed by atoms with Crippen molar-refractivity contribution in [3.63, 3.8) is 0 Å². The molecule has 2 heteroatoms. The van der Waals surface area contributed by atoms with Gasteiger partial charge in [-0.3, -0.25) is 0 Å². The summed E-state index contributed by atoms with van der Waals surface area (Å²) in [6, 6.07) is 14.8. The fourth-order valence-electron chi connectivity index (χ4n) is 1.85. The van der Waals surface area contributed by atoms with E-state index < -0.39 is 0 Å². The van der Waals surface area contributed by atoms with Crippen LogP contribution >= 0.6 is 11.3 Å². The van der Waals surface area contributed by atoms with Crippen molar-refractivity contribution < 1.29 is 4.74 Å². The highest BCUT2D eigenvalue weighted by molar-refractivity contribution is 7.10. The second-order valence-electron chi connectivity index (χ2n) is 3.80. The zero-order chi connectivity index (χ0) is 10.1. The van der Waals surface area contributed by atoms with Crippen molar-refractivity contribution in [3.8, 4) is 0 Å². The molecule has 3 rings (SSSR count). The summed E-state index contributed by atoms with van der Waals surface area (Å²) < 4.78 is 5.68. The number of thiophene rings is 1. The molecule has 0 amide bonds. The average Bonchev–Trinajstić information content (AvgIpc) is 2.82. The molecule has 15 heavy (non-hydrogen) atoms. The molecule has 76 valence electrons. The summed E-state index contributed by atoms with van der Waals surface area (Å²) in [5.74, 6) is 0. The van der Waals surface area contributed by atoms with Crippen LogP contribution < -0.4 is 0 Å². The molecule has 0 unspecified atom stereocenters. The van der Waals surface area contributed by atoms with Gasteiger partial charge in [-0.2, -0.15) is 0 Å². The van der Waals surface area contributed by atoms with Crippen LogP contribution in [0, 0.1) is 0 Å². The lowest BCUT2D eigenvalue weighted by atomic mass is 10.1. The minimum atomic E-state index is 0.352. The van der Waals surface area contributed by atoms with Gasteiger partial charge in [-0.15, -0.1) is 11.3 Å². The molecule has 1 aromatic carbocycles. The van der Waals surface area contributed by atoms with Gasteiger partial charge in [-0.1, -0.05) is 36.4 Å². The highest BCUT2D eigenvalue weighted by atomic mass is 32.1. The summed E-state index contributed by atoms with van der Waals surface area (Å²) in [6.45, 7) is 0. The topological polar surface area (TPSA) is 12.5 Å². The molecule has 0 saturated carbocycles. The van der Waals surface area contributed by atoms with E-state index in [4.69, 9.17) is 4.74 Å². The lowest BCUT2D eigenvalue weighted by molar-refractivity contribution is 0.374. The van der Waals surface area contributed by atoms with Gasteiger partial charge in [-0.05, 0) is 17.0 Å². The van der Waals surface area contributed by atoms with Crippen molar-refractivity contribution >= 4 is 11.3 Å². The zero-order valence-electron chi connectivity index (χ0n) is 8.30. The maximum Gasteiger partial charge on any atom is 0.119 e. The van der Waals surface area contributed by atoms with E-state index in [-0.39, 0.29) is 0 Å². The molecule has 0 spiro atoms. The fourth-order valence-corrected chi connectivity index (χ4v) is 2.66.